The van der Waals surface area contributed by atoms with Crippen LogP contribution in [-0.2, 0) is 0 Å². The van der Waals surface area contributed by atoms with Crippen molar-refractivity contribution in [2.75, 3.05) is 7.11 Å². The Kier molecular flexibility index (Phi) is 2.59. The van der Waals surface area contributed by atoms with Crippen molar-refractivity contribution in [3.05, 3.63) is 35.3 Å². The summed E-state index contributed by atoms with van der Waals surface area (Å²) in [5.41, 5.74) is 4.07. The third-order valence-corrected chi connectivity index (χ3v) is 3.49. The minimum atomic E-state index is 0.819. The summed E-state index contributed by atoms with van der Waals surface area (Å²) in [7, 11) is 1.66. The zero-order valence-corrected chi connectivity index (χ0v) is 11.5. The summed E-state index contributed by atoms with van der Waals surface area (Å²) in [6.45, 7) is 5.98. The van der Waals surface area contributed by atoms with Crippen molar-refractivity contribution in [2.45, 2.75) is 20.8 Å². The standard InChI is InChI=1S/C15H16N2O2/c1-8-9(2)19-10(3)14(8)15-16-12-6-5-11(18-4)7-13(12)17-15/h5-7H,1-4H3,(H,16,17). The number of aromatic amines is 1. The van der Waals surface area contributed by atoms with Crippen molar-refractivity contribution in [3.63, 3.8) is 0 Å². The quantitative estimate of drug-likeness (QED) is 0.759. The second kappa shape index (κ2) is 4.16. The van der Waals surface area contributed by atoms with E-state index in [1.807, 2.05) is 32.0 Å². The summed E-state index contributed by atoms with van der Waals surface area (Å²) in [6, 6.07) is 5.81. The number of nitrogens with zero attached hydrogens (tertiary/aromatic N) is 1. The molecule has 0 radical (unpaired) electrons. The first-order valence-corrected chi connectivity index (χ1v) is 6.21. The SMILES string of the molecule is COc1ccc2nc(-c3c(C)oc(C)c3C)[nH]c2c1. The van der Waals surface area contributed by atoms with Crippen LogP contribution in [0.5, 0.6) is 5.75 Å². The molecule has 4 nitrogen and oxygen atoms in total. The molecule has 0 spiro atoms. The van der Waals surface area contributed by atoms with Gasteiger partial charge in [-0.05, 0) is 32.9 Å². The van der Waals surface area contributed by atoms with E-state index >= 15 is 0 Å². The first-order valence-electron chi connectivity index (χ1n) is 6.21. The second-order valence-electron chi connectivity index (χ2n) is 4.68. The van der Waals surface area contributed by atoms with Crippen molar-refractivity contribution in [2.24, 2.45) is 0 Å². The Morgan fingerprint density at radius 2 is 1.95 bits per heavy atom. The van der Waals surface area contributed by atoms with E-state index in [4.69, 9.17) is 9.15 Å². The van der Waals surface area contributed by atoms with Crippen molar-refractivity contribution >= 4 is 11.0 Å². The molecule has 0 aliphatic carbocycles. The average Bonchev–Trinajstić information content (AvgIpc) is 2.90. The summed E-state index contributed by atoms with van der Waals surface area (Å²) in [5, 5.41) is 0. The van der Waals surface area contributed by atoms with E-state index in [1.54, 1.807) is 7.11 Å². The molecule has 0 bridgehead atoms. The number of imidazole rings is 1. The van der Waals surface area contributed by atoms with Gasteiger partial charge in [0.25, 0.3) is 0 Å². The fraction of sp³-hybridized carbons (Fsp3) is 0.267. The lowest BCUT2D eigenvalue weighted by Gasteiger charge is -1.97. The van der Waals surface area contributed by atoms with E-state index < -0.39 is 0 Å². The highest BCUT2D eigenvalue weighted by molar-refractivity contribution is 5.81. The van der Waals surface area contributed by atoms with Gasteiger partial charge in [-0.25, -0.2) is 4.98 Å². The molecular formula is C15H16N2O2. The van der Waals surface area contributed by atoms with Crippen molar-refractivity contribution in [1.29, 1.82) is 0 Å². The molecule has 1 N–H and O–H groups in total. The summed E-state index contributed by atoms with van der Waals surface area (Å²) in [4.78, 5) is 7.95. The summed E-state index contributed by atoms with van der Waals surface area (Å²) in [6.07, 6.45) is 0. The lowest BCUT2D eigenvalue weighted by Crippen LogP contribution is -1.83. The van der Waals surface area contributed by atoms with E-state index in [9.17, 15) is 0 Å². The fourth-order valence-corrected chi connectivity index (χ4v) is 2.38. The molecule has 0 saturated heterocycles. The van der Waals surface area contributed by atoms with Crippen LogP contribution in [0.15, 0.2) is 22.6 Å². The van der Waals surface area contributed by atoms with Gasteiger partial charge in [-0.2, -0.15) is 0 Å². The zero-order valence-electron chi connectivity index (χ0n) is 11.5. The van der Waals surface area contributed by atoms with Gasteiger partial charge in [-0.1, -0.05) is 0 Å². The van der Waals surface area contributed by atoms with Gasteiger partial charge in [0, 0.05) is 11.6 Å². The number of hydrogen-bond donors (Lipinski definition) is 1. The van der Waals surface area contributed by atoms with Gasteiger partial charge in [-0.3, -0.25) is 0 Å². The van der Waals surface area contributed by atoms with E-state index in [2.05, 4.69) is 16.9 Å². The summed E-state index contributed by atoms with van der Waals surface area (Å²) in [5.74, 6) is 3.49. The number of rotatable bonds is 2. The lowest BCUT2D eigenvalue weighted by atomic mass is 10.1. The van der Waals surface area contributed by atoms with Crippen molar-refractivity contribution in [3.8, 4) is 17.1 Å². The highest BCUT2D eigenvalue weighted by Crippen LogP contribution is 2.31. The van der Waals surface area contributed by atoms with Gasteiger partial charge in [0.2, 0.25) is 0 Å². The largest absolute Gasteiger partial charge is 0.497 e. The Morgan fingerprint density at radius 1 is 1.16 bits per heavy atom. The van der Waals surface area contributed by atoms with Gasteiger partial charge in [0.05, 0.1) is 23.7 Å². The minimum Gasteiger partial charge on any atom is -0.497 e. The molecule has 19 heavy (non-hydrogen) atoms. The first kappa shape index (κ1) is 11.8. The maximum absolute atomic E-state index is 5.66. The summed E-state index contributed by atoms with van der Waals surface area (Å²) < 4.78 is 10.9. The number of aromatic nitrogens is 2. The molecule has 4 heteroatoms. The smallest absolute Gasteiger partial charge is 0.142 e. The molecule has 0 unspecified atom stereocenters. The number of nitrogens with one attached hydrogen (secondary N) is 1. The molecule has 0 aliphatic heterocycles. The van der Waals surface area contributed by atoms with E-state index in [0.717, 1.165) is 45.3 Å². The molecule has 3 aromatic rings. The molecule has 1 aromatic carbocycles. The van der Waals surface area contributed by atoms with Gasteiger partial charge in [-0.15, -0.1) is 0 Å². The van der Waals surface area contributed by atoms with E-state index in [-0.39, 0.29) is 0 Å². The van der Waals surface area contributed by atoms with Crippen LogP contribution in [0.3, 0.4) is 0 Å². The van der Waals surface area contributed by atoms with Crippen molar-refractivity contribution in [1.82, 2.24) is 9.97 Å². The molecule has 0 saturated carbocycles. The maximum atomic E-state index is 5.66. The highest BCUT2D eigenvalue weighted by atomic mass is 16.5. The van der Waals surface area contributed by atoms with Crippen LogP contribution in [0.25, 0.3) is 22.4 Å². The third kappa shape index (κ3) is 1.80. The second-order valence-corrected chi connectivity index (χ2v) is 4.68. The fourth-order valence-electron chi connectivity index (χ4n) is 2.38. The summed E-state index contributed by atoms with van der Waals surface area (Å²) >= 11 is 0. The molecule has 0 fully saturated rings. The highest BCUT2D eigenvalue weighted by Gasteiger charge is 2.16. The van der Waals surface area contributed by atoms with Gasteiger partial charge < -0.3 is 14.1 Å². The first-order chi connectivity index (χ1) is 9.10. The molecule has 0 amide bonds. The Balaban J connectivity index is 2.20. The Bertz CT molecular complexity index is 753. The van der Waals surface area contributed by atoms with Crippen LogP contribution >= 0.6 is 0 Å². The minimum absolute atomic E-state index is 0.819. The number of furan rings is 1. The topological polar surface area (TPSA) is 51.1 Å². The zero-order chi connectivity index (χ0) is 13.6. The molecule has 2 aromatic heterocycles. The van der Waals surface area contributed by atoms with Gasteiger partial charge in [0.15, 0.2) is 0 Å². The molecular weight excluding hydrogens is 240 g/mol. The van der Waals surface area contributed by atoms with Crippen LogP contribution in [0.4, 0.5) is 0 Å². The maximum Gasteiger partial charge on any atom is 0.142 e. The number of hydrogen-bond acceptors (Lipinski definition) is 3. The molecule has 98 valence electrons. The monoisotopic (exact) mass is 256 g/mol. The average molecular weight is 256 g/mol. The Hall–Kier alpha value is -2.23. The van der Waals surface area contributed by atoms with Crippen LogP contribution in [0.2, 0.25) is 0 Å². The molecule has 0 aliphatic rings. The lowest BCUT2D eigenvalue weighted by molar-refractivity contribution is 0.415. The number of ether oxygens (including phenoxy) is 1. The number of fused-ring (bicyclic) bond motifs is 1. The van der Waals surface area contributed by atoms with E-state index in [1.165, 1.54) is 0 Å². The third-order valence-electron chi connectivity index (χ3n) is 3.49. The van der Waals surface area contributed by atoms with Crippen LogP contribution in [0, 0.1) is 20.8 Å². The molecule has 0 atom stereocenters. The molecule has 3 rings (SSSR count). The van der Waals surface area contributed by atoms with Gasteiger partial charge in [0.1, 0.15) is 23.1 Å². The number of methoxy groups -OCH3 is 1. The Morgan fingerprint density at radius 3 is 2.58 bits per heavy atom. The van der Waals surface area contributed by atoms with Crippen LogP contribution in [0.1, 0.15) is 17.1 Å². The number of H-pyrrole nitrogens is 1. The number of aryl methyl sites for hydroxylation is 2. The van der Waals surface area contributed by atoms with Crippen LogP contribution in [-0.4, -0.2) is 17.1 Å². The van der Waals surface area contributed by atoms with Crippen LogP contribution < -0.4 is 4.74 Å². The normalized spacial score (nSPS) is 11.2. The van der Waals surface area contributed by atoms with Gasteiger partial charge >= 0.3 is 0 Å². The predicted octanol–water partition coefficient (Wildman–Crippen LogP) is 3.76. The predicted molar refractivity (Wildman–Crippen MR) is 74.6 cm³/mol. The number of benzene rings is 1. The van der Waals surface area contributed by atoms with Crippen molar-refractivity contribution < 1.29 is 9.15 Å². The Labute approximate surface area is 111 Å². The molecule has 2 heterocycles. The van der Waals surface area contributed by atoms with E-state index in [0.29, 0.717) is 0 Å².